The molecule has 0 radical (unpaired) electrons. The van der Waals surface area contributed by atoms with E-state index in [2.05, 4.69) is 6.07 Å². The van der Waals surface area contributed by atoms with Gasteiger partial charge in [0.15, 0.2) is 0 Å². The molecule has 14 heavy (non-hydrogen) atoms. The van der Waals surface area contributed by atoms with Gasteiger partial charge >= 0.3 is 0 Å². The Morgan fingerprint density at radius 3 is 2.43 bits per heavy atom. The molecule has 1 N–H and O–H groups in total. The van der Waals surface area contributed by atoms with Crippen molar-refractivity contribution in [2.75, 3.05) is 6.61 Å². The van der Waals surface area contributed by atoms with Gasteiger partial charge in [-0.05, 0) is 12.0 Å². The largest absolute Gasteiger partial charge is 0.396 e. The van der Waals surface area contributed by atoms with E-state index in [1.165, 1.54) is 0 Å². The highest BCUT2D eigenvalue weighted by Gasteiger charge is 2.20. The Kier molecular flexibility index (Phi) is 4.15. The average molecular weight is 189 g/mol. The summed E-state index contributed by atoms with van der Waals surface area (Å²) in [6.07, 6.45) is 0.823. The summed E-state index contributed by atoms with van der Waals surface area (Å²) in [5, 5.41) is 18.2. The van der Waals surface area contributed by atoms with Gasteiger partial charge in [-0.1, -0.05) is 37.3 Å². The summed E-state index contributed by atoms with van der Waals surface area (Å²) in [5.74, 6) is -0.145. The van der Waals surface area contributed by atoms with Gasteiger partial charge < -0.3 is 5.11 Å². The molecule has 2 nitrogen and oxygen atoms in total. The Labute approximate surface area is 84.8 Å². The molecule has 0 aromatic heterocycles. The number of benzene rings is 1. The molecule has 1 aromatic carbocycles. The van der Waals surface area contributed by atoms with Crippen LogP contribution in [0.25, 0.3) is 0 Å². The van der Waals surface area contributed by atoms with Crippen molar-refractivity contribution in [2.45, 2.75) is 19.3 Å². The van der Waals surface area contributed by atoms with E-state index in [9.17, 15) is 0 Å². The lowest BCUT2D eigenvalue weighted by Crippen LogP contribution is -2.14. The van der Waals surface area contributed by atoms with Crippen LogP contribution in [-0.2, 0) is 0 Å². The SMILES string of the molecule is CCC(CO)C(C#N)c1ccccc1. The van der Waals surface area contributed by atoms with Gasteiger partial charge in [-0.25, -0.2) is 0 Å². The molecule has 0 spiro atoms. The van der Waals surface area contributed by atoms with Crippen LogP contribution in [-0.4, -0.2) is 11.7 Å². The summed E-state index contributed by atoms with van der Waals surface area (Å²) in [6, 6.07) is 11.9. The fourth-order valence-electron chi connectivity index (χ4n) is 1.58. The summed E-state index contributed by atoms with van der Waals surface area (Å²) in [6.45, 7) is 2.07. The molecule has 0 fully saturated rings. The Balaban J connectivity index is 2.88. The van der Waals surface area contributed by atoms with Crippen molar-refractivity contribution in [2.24, 2.45) is 5.92 Å². The molecule has 2 heteroatoms. The summed E-state index contributed by atoms with van der Waals surface area (Å²) >= 11 is 0. The van der Waals surface area contributed by atoms with Crippen LogP contribution in [0.4, 0.5) is 0 Å². The van der Waals surface area contributed by atoms with Crippen molar-refractivity contribution in [3.63, 3.8) is 0 Å². The minimum Gasteiger partial charge on any atom is -0.396 e. The fraction of sp³-hybridized carbons (Fsp3) is 0.417. The first-order chi connectivity index (χ1) is 6.83. The van der Waals surface area contributed by atoms with E-state index >= 15 is 0 Å². The molecule has 0 heterocycles. The van der Waals surface area contributed by atoms with Crippen molar-refractivity contribution in [3.8, 4) is 6.07 Å². The van der Waals surface area contributed by atoms with Crippen LogP contribution in [0, 0.1) is 17.2 Å². The number of aliphatic hydroxyl groups excluding tert-OH is 1. The monoisotopic (exact) mass is 189 g/mol. The van der Waals surface area contributed by atoms with Crippen molar-refractivity contribution in [3.05, 3.63) is 35.9 Å². The molecule has 0 bridgehead atoms. The molecule has 0 saturated carbocycles. The van der Waals surface area contributed by atoms with E-state index in [1.807, 2.05) is 37.3 Å². The number of aliphatic hydroxyl groups is 1. The normalized spacial score (nSPS) is 14.4. The molecule has 2 unspecified atom stereocenters. The number of hydrogen-bond acceptors (Lipinski definition) is 2. The third-order valence-corrected chi connectivity index (χ3v) is 2.53. The maximum atomic E-state index is 9.14. The number of nitriles is 1. The van der Waals surface area contributed by atoms with Gasteiger partial charge in [0.2, 0.25) is 0 Å². The first kappa shape index (κ1) is 10.7. The van der Waals surface area contributed by atoms with Gasteiger partial charge in [-0.2, -0.15) is 5.26 Å². The molecule has 0 saturated heterocycles. The molecule has 1 rings (SSSR count). The molecular weight excluding hydrogens is 174 g/mol. The van der Waals surface area contributed by atoms with E-state index in [-0.39, 0.29) is 18.4 Å². The van der Waals surface area contributed by atoms with Gasteiger partial charge in [0.05, 0.1) is 12.0 Å². The molecule has 74 valence electrons. The highest BCUT2D eigenvalue weighted by atomic mass is 16.3. The van der Waals surface area contributed by atoms with Gasteiger partial charge in [0.1, 0.15) is 0 Å². The van der Waals surface area contributed by atoms with E-state index in [0.29, 0.717) is 0 Å². The highest BCUT2D eigenvalue weighted by Crippen LogP contribution is 2.25. The molecule has 1 aromatic rings. The van der Waals surface area contributed by atoms with Crippen molar-refractivity contribution in [1.82, 2.24) is 0 Å². The smallest absolute Gasteiger partial charge is 0.0762 e. The van der Waals surface area contributed by atoms with E-state index in [0.717, 1.165) is 12.0 Å². The Bertz CT molecular complexity index is 298. The van der Waals surface area contributed by atoms with Gasteiger partial charge in [0, 0.05) is 12.5 Å². The molecule has 0 aliphatic carbocycles. The zero-order valence-electron chi connectivity index (χ0n) is 8.35. The van der Waals surface area contributed by atoms with E-state index in [1.54, 1.807) is 0 Å². The summed E-state index contributed by atoms with van der Waals surface area (Å²) in [7, 11) is 0. The predicted octanol–water partition coefficient (Wildman–Crippen LogP) is 2.31. The zero-order chi connectivity index (χ0) is 10.4. The average Bonchev–Trinajstić information content (AvgIpc) is 2.27. The lowest BCUT2D eigenvalue weighted by Gasteiger charge is -2.18. The minimum absolute atomic E-state index is 0.0439. The van der Waals surface area contributed by atoms with Crippen molar-refractivity contribution < 1.29 is 5.11 Å². The fourth-order valence-corrected chi connectivity index (χ4v) is 1.58. The number of rotatable bonds is 4. The minimum atomic E-state index is -0.189. The van der Waals surface area contributed by atoms with Crippen LogP contribution >= 0.6 is 0 Å². The van der Waals surface area contributed by atoms with Crippen LogP contribution < -0.4 is 0 Å². The van der Waals surface area contributed by atoms with Gasteiger partial charge in [0.25, 0.3) is 0 Å². The maximum Gasteiger partial charge on any atom is 0.0762 e. The molecular formula is C12H15NO. The van der Waals surface area contributed by atoms with Crippen LogP contribution in [0.15, 0.2) is 30.3 Å². The zero-order valence-corrected chi connectivity index (χ0v) is 8.35. The van der Waals surface area contributed by atoms with Crippen molar-refractivity contribution >= 4 is 0 Å². The topological polar surface area (TPSA) is 44.0 Å². The quantitative estimate of drug-likeness (QED) is 0.789. The second-order valence-corrected chi connectivity index (χ2v) is 3.37. The lowest BCUT2D eigenvalue weighted by atomic mass is 9.86. The third kappa shape index (κ3) is 2.34. The molecule has 0 amide bonds. The third-order valence-electron chi connectivity index (χ3n) is 2.53. The Morgan fingerprint density at radius 1 is 1.36 bits per heavy atom. The van der Waals surface area contributed by atoms with Crippen LogP contribution in [0.1, 0.15) is 24.8 Å². The van der Waals surface area contributed by atoms with Gasteiger partial charge in [-0.15, -0.1) is 0 Å². The number of hydrogen-bond donors (Lipinski definition) is 1. The molecule has 2 atom stereocenters. The van der Waals surface area contributed by atoms with E-state index in [4.69, 9.17) is 10.4 Å². The number of nitrogens with zero attached hydrogens (tertiary/aromatic N) is 1. The van der Waals surface area contributed by atoms with Crippen molar-refractivity contribution in [1.29, 1.82) is 5.26 Å². The first-order valence-electron chi connectivity index (χ1n) is 4.88. The summed E-state index contributed by atoms with van der Waals surface area (Å²) < 4.78 is 0. The standard InChI is InChI=1S/C12H15NO/c1-2-10(9-14)12(8-13)11-6-4-3-5-7-11/h3-7,10,12,14H,2,9H2,1H3. The Morgan fingerprint density at radius 2 is 2.00 bits per heavy atom. The van der Waals surface area contributed by atoms with E-state index < -0.39 is 0 Å². The maximum absolute atomic E-state index is 9.14. The lowest BCUT2D eigenvalue weighted by molar-refractivity contribution is 0.213. The second kappa shape index (κ2) is 5.41. The van der Waals surface area contributed by atoms with Crippen LogP contribution in [0.3, 0.4) is 0 Å². The first-order valence-corrected chi connectivity index (χ1v) is 4.88. The Hall–Kier alpha value is -1.33. The van der Waals surface area contributed by atoms with Crippen LogP contribution in [0.2, 0.25) is 0 Å². The van der Waals surface area contributed by atoms with Crippen LogP contribution in [0.5, 0.6) is 0 Å². The molecule has 0 aliphatic rings. The molecule has 0 aliphatic heterocycles. The summed E-state index contributed by atoms with van der Waals surface area (Å²) in [4.78, 5) is 0. The second-order valence-electron chi connectivity index (χ2n) is 3.37. The van der Waals surface area contributed by atoms with Gasteiger partial charge in [-0.3, -0.25) is 0 Å². The predicted molar refractivity (Wildman–Crippen MR) is 55.7 cm³/mol. The summed E-state index contributed by atoms with van der Waals surface area (Å²) in [5.41, 5.74) is 0.996. The highest BCUT2D eigenvalue weighted by molar-refractivity contribution is 5.25.